The van der Waals surface area contributed by atoms with Crippen LogP contribution in [-0.4, -0.2) is 44.3 Å². The minimum atomic E-state index is -0.147. The van der Waals surface area contributed by atoms with Gasteiger partial charge < -0.3 is 4.90 Å². The molecule has 0 aliphatic heterocycles. The Kier molecular flexibility index (Phi) is 4.25. The van der Waals surface area contributed by atoms with Crippen LogP contribution in [-0.2, 0) is 0 Å². The molecule has 0 aliphatic rings. The van der Waals surface area contributed by atoms with Crippen molar-refractivity contribution in [1.29, 1.82) is 0 Å². The molecule has 0 saturated heterocycles. The van der Waals surface area contributed by atoms with Crippen LogP contribution >= 0.6 is 11.6 Å². The molecule has 148 valence electrons. The molecule has 0 unspecified atom stereocenters. The van der Waals surface area contributed by atoms with E-state index in [9.17, 15) is 4.79 Å². The maximum Gasteiger partial charge on any atom is 0.264 e. The van der Waals surface area contributed by atoms with E-state index < -0.39 is 0 Å². The first-order valence-electron chi connectivity index (χ1n) is 9.31. The standard InChI is InChI=1S/C22H17ClN6O/c1-27(2)13-25-14-7-10-19-26-20-16-5-3-4-6-17(16)22(30)29(21(20)28(19)12-14)15-8-9-18(23)24-11-15/h3-13H,1-2H3. The van der Waals surface area contributed by atoms with E-state index in [1.165, 1.54) is 0 Å². The lowest BCUT2D eigenvalue weighted by atomic mass is 10.1. The number of pyridine rings is 3. The number of hydrogen-bond donors (Lipinski definition) is 0. The van der Waals surface area contributed by atoms with Crippen LogP contribution in [0.4, 0.5) is 5.69 Å². The average Bonchev–Trinajstić information content (AvgIpc) is 3.12. The molecule has 30 heavy (non-hydrogen) atoms. The molecule has 0 amide bonds. The fourth-order valence-corrected chi connectivity index (χ4v) is 3.62. The van der Waals surface area contributed by atoms with Crippen molar-refractivity contribution in [2.24, 2.45) is 4.99 Å². The number of aromatic nitrogens is 4. The Bertz CT molecular complexity index is 1500. The molecule has 7 nitrogen and oxygen atoms in total. The zero-order valence-electron chi connectivity index (χ0n) is 16.3. The molecule has 4 aromatic heterocycles. The van der Waals surface area contributed by atoms with Gasteiger partial charge in [-0.3, -0.25) is 13.8 Å². The van der Waals surface area contributed by atoms with Gasteiger partial charge in [-0.1, -0.05) is 29.8 Å². The van der Waals surface area contributed by atoms with Crippen molar-refractivity contribution in [1.82, 2.24) is 23.8 Å². The molecule has 4 heterocycles. The Labute approximate surface area is 176 Å². The van der Waals surface area contributed by atoms with E-state index in [1.54, 1.807) is 29.2 Å². The summed E-state index contributed by atoms with van der Waals surface area (Å²) in [6, 6.07) is 14.7. The van der Waals surface area contributed by atoms with Gasteiger partial charge in [-0.2, -0.15) is 0 Å². The lowest BCUT2D eigenvalue weighted by molar-refractivity contribution is 0.643. The highest BCUT2D eigenvalue weighted by molar-refractivity contribution is 6.29. The van der Waals surface area contributed by atoms with Crippen LogP contribution in [0.25, 0.3) is 33.3 Å². The van der Waals surface area contributed by atoms with Crippen LogP contribution in [0, 0.1) is 0 Å². The quantitative estimate of drug-likeness (QED) is 0.253. The second-order valence-corrected chi connectivity index (χ2v) is 7.52. The van der Waals surface area contributed by atoms with Gasteiger partial charge in [0.2, 0.25) is 0 Å². The van der Waals surface area contributed by atoms with Gasteiger partial charge in [0.1, 0.15) is 16.3 Å². The molecule has 0 fully saturated rings. The Morgan fingerprint density at radius 3 is 2.60 bits per heavy atom. The SMILES string of the molecule is CN(C)C=Nc1ccc2nc3c4ccccc4c(=O)n(-c4ccc(Cl)nc4)c3n2c1. The lowest BCUT2D eigenvalue weighted by Gasteiger charge is -2.11. The lowest BCUT2D eigenvalue weighted by Crippen LogP contribution is -2.20. The van der Waals surface area contributed by atoms with E-state index in [-0.39, 0.29) is 5.56 Å². The van der Waals surface area contributed by atoms with Crippen molar-refractivity contribution in [2.75, 3.05) is 14.1 Å². The van der Waals surface area contributed by atoms with Crippen LogP contribution < -0.4 is 5.56 Å². The number of benzene rings is 1. The van der Waals surface area contributed by atoms with Crippen LogP contribution in [0.1, 0.15) is 0 Å². The summed E-state index contributed by atoms with van der Waals surface area (Å²) >= 11 is 5.97. The summed E-state index contributed by atoms with van der Waals surface area (Å²) in [6.45, 7) is 0. The average molecular weight is 417 g/mol. The molecule has 8 heteroatoms. The van der Waals surface area contributed by atoms with E-state index in [0.29, 0.717) is 21.9 Å². The van der Waals surface area contributed by atoms with E-state index in [0.717, 1.165) is 22.2 Å². The number of halogens is 1. The normalized spacial score (nSPS) is 11.8. The molecule has 0 spiro atoms. The van der Waals surface area contributed by atoms with Gasteiger partial charge in [0, 0.05) is 31.1 Å². The molecule has 1 aromatic carbocycles. The Balaban J connectivity index is 1.94. The highest BCUT2D eigenvalue weighted by Crippen LogP contribution is 2.27. The van der Waals surface area contributed by atoms with Crippen LogP contribution in [0.5, 0.6) is 0 Å². The summed E-state index contributed by atoms with van der Waals surface area (Å²) in [4.78, 5) is 28.8. The number of imidazole rings is 1. The maximum atomic E-state index is 13.5. The van der Waals surface area contributed by atoms with Gasteiger partial charge in [-0.25, -0.2) is 15.0 Å². The van der Waals surface area contributed by atoms with Gasteiger partial charge >= 0.3 is 0 Å². The first-order valence-corrected chi connectivity index (χ1v) is 9.69. The van der Waals surface area contributed by atoms with Gasteiger partial charge in [0.25, 0.3) is 5.56 Å². The molecule has 0 saturated carbocycles. The monoisotopic (exact) mass is 416 g/mol. The molecule has 5 rings (SSSR count). The molecule has 0 bridgehead atoms. The van der Waals surface area contributed by atoms with E-state index in [4.69, 9.17) is 16.6 Å². The third-order valence-corrected chi connectivity index (χ3v) is 5.04. The van der Waals surface area contributed by atoms with Gasteiger partial charge in [0.15, 0.2) is 5.65 Å². The predicted octanol–water partition coefficient (Wildman–Crippen LogP) is 4.06. The second kappa shape index (κ2) is 6.96. The highest BCUT2D eigenvalue weighted by Gasteiger charge is 2.18. The van der Waals surface area contributed by atoms with E-state index in [2.05, 4.69) is 9.98 Å². The molecule has 0 atom stereocenters. The molecular formula is C22H17ClN6O. The van der Waals surface area contributed by atoms with Gasteiger partial charge in [-0.05, 0) is 30.3 Å². The van der Waals surface area contributed by atoms with Crippen molar-refractivity contribution < 1.29 is 0 Å². The summed E-state index contributed by atoms with van der Waals surface area (Å²) in [5.74, 6) is 0. The third-order valence-electron chi connectivity index (χ3n) is 4.81. The summed E-state index contributed by atoms with van der Waals surface area (Å²) < 4.78 is 3.51. The summed E-state index contributed by atoms with van der Waals surface area (Å²) in [6.07, 6.45) is 5.19. The molecule has 5 aromatic rings. The minimum Gasteiger partial charge on any atom is -0.369 e. The van der Waals surface area contributed by atoms with Crippen molar-refractivity contribution in [2.45, 2.75) is 0 Å². The number of rotatable bonds is 3. The maximum absolute atomic E-state index is 13.5. The molecule has 0 aliphatic carbocycles. The largest absolute Gasteiger partial charge is 0.369 e. The molecule has 0 radical (unpaired) electrons. The highest BCUT2D eigenvalue weighted by atomic mass is 35.5. The summed E-state index contributed by atoms with van der Waals surface area (Å²) in [7, 11) is 3.82. The minimum absolute atomic E-state index is 0.147. The van der Waals surface area contributed by atoms with E-state index >= 15 is 0 Å². The molecular weight excluding hydrogens is 400 g/mol. The van der Waals surface area contributed by atoms with Gasteiger partial charge in [-0.15, -0.1) is 0 Å². The van der Waals surface area contributed by atoms with Crippen molar-refractivity contribution in [3.8, 4) is 5.69 Å². The van der Waals surface area contributed by atoms with Gasteiger partial charge in [0.05, 0.1) is 23.9 Å². The molecule has 0 N–H and O–H groups in total. The predicted molar refractivity (Wildman–Crippen MR) is 120 cm³/mol. The van der Waals surface area contributed by atoms with Crippen molar-refractivity contribution in [3.05, 3.63) is 76.4 Å². The topological polar surface area (TPSA) is 67.8 Å². The zero-order chi connectivity index (χ0) is 20.8. The van der Waals surface area contributed by atoms with Crippen molar-refractivity contribution in [3.63, 3.8) is 0 Å². The smallest absolute Gasteiger partial charge is 0.264 e. The first kappa shape index (κ1) is 18.3. The summed E-state index contributed by atoms with van der Waals surface area (Å²) in [5.41, 5.74) is 3.32. The number of hydrogen-bond acceptors (Lipinski definition) is 4. The Morgan fingerprint density at radius 2 is 1.87 bits per heavy atom. The van der Waals surface area contributed by atoms with E-state index in [1.807, 2.05) is 66.0 Å². The fourth-order valence-electron chi connectivity index (χ4n) is 3.51. The summed E-state index contributed by atoms with van der Waals surface area (Å²) in [5, 5.41) is 1.76. The number of aliphatic imine (C=N–C) groups is 1. The number of fused-ring (bicyclic) bond motifs is 5. The Hall–Kier alpha value is -3.71. The third kappa shape index (κ3) is 2.91. The number of nitrogens with zero attached hydrogens (tertiary/aromatic N) is 6. The first-order chi connectivity index (χ1) is 14.5. The van der Waals surface area contributed by atoms with Crippen LogP contribution in [0.15, 0.2) is 70.7 Å². The van der Waals surface area contributed by atoms with Crippen molar-refractivity contribution >= 4 is 51.2 Å². The second-order valence-electron chi connectivity index (χ2n) is 7.13. The van der Waals surface area contributed by atoms with Crippen LogP contribution in [0.2, 0.25) is 5.15 Å². The van der Waals surface area contributed by atoms with Crippen LogP contribution in [0.3, 0.4) is 0 Å². The Morgan fingerprint density at radius 1 is 1.07 bits per heavy atom. The zero-order valence-corrected chi connectivity index (χ0v) is 17.1. The fraction of sp³-hybridized carbons (Fsp3) is 0.0909.